The van der Waals surface area contributed by atoms with Gasteiger partial charge in [-0.3, -0.25) is 9.59 Å². The maximum Gasteiger partial charge on any atom is 0.328 e. The third-order valence-electron chi connectivity index (χ3n) is 5.39. The van der Waals surface area contributed by atoms with Gasteiger partial charge >= 0.3 is 5.97 Å². The molecule has 0 fully saturated rings. The third-order valence-corrected chi connectivity index (χ3v) is 5.39. The van der Waals surface area contributed by atoms with Gasteiger partial charge in [-0.2, -0.15) is 0 Å². The van der Waals surface area contributed by atoms with Crippen LogP contribution in [0.15, 0.2) is 84.9 Å². The molecule has 2 amide bonds. The fourth-order valence-corrected chi connectivity index (χ4v) is 3.64. The highest BCUT2D eigenvalue weighted by atomic mass is 16.5. The number of ether oxygens (including phenoxy) is 1. The standard InChI is InChI=1S/C27H28N2O5/c1-18-10-9-11-19(16-18)17-22(27(33)34-2)28-26(32)24(30)23(20-12-5-3-6-13-20)29-25(31)21-14-7-4-8-15-21/h3-16,22-24,30H,17H2,1-2H3,(H,28,32)(H,29,31)/t22-,23+,24-/m1/s1. The molecule has 176 valence electrons. The summed E-state index contributed by atoms with van der Waals surface area (Å²) < 4.78 is 4.86. The topological polar surface area (TPSA) is 105 Å². The van der Waals surface area contributed by atoms with Crippen molar-refractivity contribution in [2.24, 2.45) is 0 Å². The van der Waals surface area contributed by atoms with E-state index in [-0.39, 0.29) is 6.42 Å². The second-order valence-electron chi connectivity index (χ2n) is 7.95. The molecule has 3 N–H and O–H groups in total. The maximum absolute atomic E-state index is 13.0. The molecular weight excluding hydrogens is 432 g/mol. The van der Waals surface area contributed by atoms with E-state index < -0.39 is 36.0 Å². The van der Waals surface area contributed by atoms with Gasteiger partial charge in [-0.15, -0.1) is 0 Å². The molecular formula is C27H28N2O5. The van der Waals surface area contributed by atoms with Crippen molar-refractivity contribution in [3.63, 3.8) is 0 Å². The highest BCUT2D eigenvalue weighted by Crippen LogP contribution is 2.19. The molecule has 0 radical (unpaired) electrons. The number of aryl methyl sites for hydroxylation is 1. The van der Waals surface area contributed by atoms with E-state index in [0.717, 1.165) is 11.1 Å². The van der Waals surface area contributed by atoms with Crippen LogP contribution in [0.4, 0.5) is 0 Å². The van der Waals surface area contributed by atoms with E-state index >= 15 is 0 Å². The Bertz CT molecular complexity index is 1120. The van der Waals surface area contributed by atoms with Gasteiger partial charge < -0.3 is 20.5 Å². The number of carbonyl (C=O) groups is 3. The molecule has 0 saturated carbocycles. The Kier molecular flexibility index (Phi) is 8.54. The number of hydrogen-bond acceptors (Lipinski definition) is 5. The Morgan fingerprint density at radius 3 is 2.15 bits per heavy atom. The fourth-order valence-electron chi connectivity index (χ4n) is 3.64. The van der Waals surface area contributed by atoms with Gasteiger partial charge in [0.25, 0.3) is 11.8 Å². The maximum atomic E-state index is 13.0. The lowest BCUT2D eigenvalue weighted by atomic mass is 9.99. The molecule has 7 nitrogen and oxygen atoms in total. The van der Waals surface area contributed by atoms with Crippen molar-refractivity contribution < 1.29 is 24.2 Å². The Morgan fingerprint density at radius 2 is 1.53 bits per heavy atom. The van der Waals surface area contributed by atoms with Crippen LogP contribution in [-0.2, 0) is 20.7 Å². The van der Waals surface area contributed by atoms with Gasteiger partial charge in [0.1, 0.15) is 6.04 Å². The van der Waals surface area contributed by atoms with Crippen molar-refractivity contribution in [1.82, 2.24) is 10.6 Å². The molecule has 0 unspecified atom stereocenters. The molecule has 3 aromatic carbocycles. The first-order valence-corrected chi connectivity index (χ1v) is 10.9. The largest absolute Gasteiger partial charge is 0.467 e. The number of methoxy groups -OCH3 is 1. The lowest BCUT2D eigenvalue weighted by molar-refractivity contribution is -0.146. The number of esters is 1. The van der Waals surface area contributed by atoms with Crippen molar-refractivity contribution >= 4 is 17.8 Å². The molecule has 7 heteroatoms. The van der Waals surface area contributed by atoms with E-state index in [9.17, 15) is 19.5 Å². The summed E-state index contributed by atoms with van der Waals surface area (Å²) in [6, 6.07) is 22.7. The van der Waals surface area contributed by atoms with Crippen LogP contribution in [0.1, 0.15) is 33.1 Å². The zero-order chi connectivity index (χ0) is 24.5. The second-order valence-corrected chi connectivity index (χ2v) is 7.95. The predicted octanol–water partition coefficient (Wildman–Crippen LogP) is 2.73. The smallest absolute Gasteiger partial charge is 0.328 e. The van der Waals surface area contributed by atoms with Crippen LogP contribution in [0.25, 0.3) is 0 Å². The molecule has 0 heterocycles. The summed E-state index contributed by atoms with van der Waals surface area (Å²) in [6.45, 7) is 1.93. The average Bonchev–Trinajstić information content (AvgIpc) is 2.86. The van der Waals surface area contributed by atoms with Crippen molar-refractivity contribution in [1.29, 1.82) is 0 Å². The molecule has 0 bridgehead atoms. The molecule has 3 rings (SSSR count). The van der Waals surface area contributed by atoms with E-state index in [1.165, 1.54) is 7.11 Å². The summed E-state index contributed by atoms with van der Waals surface area (Å²) in [6.07, 6.45) is -1.46. The van der Waals surface area contributed by atoms with Gasteiger partial charge in [0.15, 0.2) is 6.10 Å². The Balaban J connectivity index is 1.81. The van der Waals surface area contributed by atoms with Crippen LogP contribution < -0.4 is 10.6 Å². The summed E-state index contributed by atoms with van der Waals surface area (Å²) in [5.41, 5.74) is 2.79. The van der Waals surface area contributed by atoms with E-state index in [0.29, 0.717) is 11.1 Å². The minimum absolute atomic E-state index is 0.194. The molecule has 3 atom stereocenters. The molecule has 34 heavy (non-hydrogen) atoms. The van der Waals surface area contributed by atoms with Gasteiger partial charge in [-0.1, -0.05) is 78.4 Å². The van der Waals surface area contributed by atoms with E-state index in [4.69, 9.17) is 4.74 Å². The first kappa shape index (κ1) is 24.7. The monoisotopic (exact) mass is 460 g/mol. The summed E-state index contributed by atoms with van der Waals surface area (Å²) in [5.74, 6) is -1.87. The number of benzene rings is 3. The fraction of sp³-hybridized carbons (Fsp3) is 0.222. The van der Waals surface area contributed by atoms with Crippen LogP contribution in [0.2, 0.25) is 0 Å². The highest BCUT2D eigenvalue weighted by Gasteiger charge is 2.32. The number of aliphatic hydroxyl groups is 1. The molecule has 0 spiro atoms. The van der Waals surface area contributed by atoms with Crippen molar-refractivity contribution in [2.45, 2.75) is 31.5 Å². The summed E-state index contributed by atoms with van der Waals surface area (Å²) >= 11 is 0. The van der Waals surface area contributed by atoms with E-state index in [1.807, 2.05) is 31.2 Å². The summed E-state index contributed by atoms with van der Waals surface area (Å²) in [5, 5.41) is 16.3. The van der Waals surface area contributed by atoms with Crippen LogP contribution >= 0.6 is 0 Å². The number of nitrogens with one attached hydrogen (secondary N) is 2. The first-order valence-electron chi connectivity index (χ1n) is 10.9. The van der Waals surface area contributed by atoms with Crippen LogP contribution in [0.3, 0.4) is 0 Å². The van der Waals surface area contributed by atoms with Gasteiger partial charge in [-0.05, 0) is 30.2 Å². The van der Waals surface area contributed by atoms with Gasteiger partial charge in [-0.25, -0.2) is 4.79 Å². The third kappa shape index (κ3) is 6.52. The number of aliphatic hydroxyl groups excluding tert-OH is 1. The minimum atomic E-state index is -1.65. The highest BCUT2D eigenvalue weighted by molar-refractivity contribution is 5.95. The quantitative estimate of drug-likeness (QED) is 0.426. The van der Waals surface area contributed by atoms with Gasteiger partial charge in [0.05, 0.1) is 13.2 Å². The zero-order valence-corrected chi connectivity index (χ0v) is 19.1. The molecule has 0 aliphatic carbocycles. The number of rotatable bonds is 9. The zero-order valence-electron chi connectivity index (χ0n) is 19.1. The molecule has 0 aliphatic rings. The number of carbonyl (C=O) groups excluding carboxylic acids is 3. The first-order chi connectivity index (χ1) is 16.4. The number of amides is 2. The van der Waals surface area contributed by atoms with Gasteiger partial charge in [0.2, 0.25) is 0 Å². The summed E-state index contributed by atoms with van der Waals surface area (Å²) in [4.78, 5) is 38.2. The SMILES string of the molecule is COC(=O)[C@@H](Cc1cccc(C)c1)NC(=O)[C@H](O)[C@@H](NC(=O)c1ccccc1)c1ccccc1. The van der Waals surface area contributed by atoms with Crippen molar-refractivity contribution in [3.8, 4) is 0 Å². The predicted molar refractivity (Wildman–Crippen MR) is 128 cm³/mol. The van der Waals surface area contributed by atoms with Crippen molar-refractivity contribution in [2.75, 3.05) is 7.11 Å². The second kappa shape index (κ2) is 11.8. The van der Waals surface area contributed by atoms with Crippen LogP contribution in [0, 0.1) is 6.92 Å². The Labute approximate surface area is 198 Å². The average molecular weight is 461 g/mol. The lowest BCUT2D eigenvalue weighted by Gasteiger charge is -2.26. The van der Waals surface area contributed by atoms with E-state index in [2.05, 4.69) is 10.6 Å². The van der Waals surface area contributed by atoms with Crippen LogP contribution in [-0.4, -0.2) is 42.1 Å². The minimum Gasteiger partial charge on any atom is -0.467 e. The molecule has 0 aliphatic heterocycles. The van der Waals surface area contributed by atoms with E-state index in [1.54, 1.807) is 60.7 Å². The van der Waals surface area contributed by atoms with Gasteiger partial charge in [0, 0.05) is 12.0 Å². The van der Waals surface area contributed by atoms with Crippen LogP contribution in [0.5, 0.6) is 0 Å². The van der Waals surface area contributed by atoms with Crippen molar-refractivity contribution in [3.05, 3.63) is 107 Å². The summed E-state index contributed by atoms with van der Waals surface area (Å²) in [7, 11) is 1.24. The molecule has 0 aromatic heterocycles. The lowest BCUT2D eigenvalue weighted by Crippen LogP contribution is -2.51. The molecule has 0 saturated heterocycles. The normalized spacial score (nSPS) is 13.3. The Morgan fingerprint density at radius 1 is 0.882 bits per heavy atom. The molecule has 3 aromatic rings. The Hall–Kier alpha value is -3.97. The number of hydrogen-bond donors (Lipinski definition) is 3.